The van der Waals surface area contributed by atoms with Crippen molar-refractivity contribution in [3.8, 4) is 0 Å². The van der Waals surface area contributed by atoms with E-state index in [0.29, 0.717) is 5.56 Å². The van der Waals surface area contributed by atoms with Crippen LogP contribution >= 0.6 is 22.9 Å². The Morgan fingerprint density at radius 1 is 1.32 bits per heavy atom. The van der Waals surface area contributed by atoms with Crippen molar-refractivity contribution in [2.45, 2.75) is 25.8 Å². The molecule has 1 heterocycles. The third-order valence-electron chi connectivity index (χ3n) is 3.07. The van der Waals surface area contributed by atoms with E-state index in [1.54, 1.807) is 23.5 Å². The van der Waals surface area contributed by atoms with E-state index >= 15 is 0 Å². The minimum Gasteiger partial charge on any atom is -0.310 e. The molecular formula is C15H17ClFNS. The maximum Gasteiger partial charge on any atom is 0.146 e. The maximum absolute atomic E-state index is 14.1. The summed E-state index contributed by atoms with van der Waals surface area (Å²) in [5, 5.41) is 5.59. The largest absolute Gasteiger partial charge is 0.310 e. The lowest BCUT2D eigenvalue weighted by molar-refractivity contribution is 0.486. The average Bonchev–Trinajstić information content (AvgIpc) is 2.91. The van der Waals surface area contributed by atoms with Crippen LogP contribution in [0.2, 0.25) is 5.02 Å². The highest BCUT2D eigenvalue weighted by Gasteiger charge is 2.16. The van der Waals surface area contributed by atoms with Crippen molar-refractivity contribution < 1.29 is 4.39 Å². The minimum atomic E-state index is -0.304. The fraction of sp³-hybridized carbons (Fsp3) is 0.333. The summed E-state index contributed by atoms with van der Waals surface area (Å²) in [6.45, 7) is 2.83. The number of nitrogens with one attached hydrogen (secondary N) is 1. The topological polar surface area (TPSA) is 12.0 Å². The summed E-state index contributed by atoms with van der Waals surface area (Å²) in [6, 6.07) is 9.36. The zero-order chi connectivity index (χ0) is 13.7. The van der Waals surface area contributed by atoms with Gasteiger partial charge in [0, 0.05) is 16.5 Å². The van der Waals surface area contributed by atoms with Gasteiger partial charge in [-0.05, 0) is 36.9 Å². The molecule has 102 valence electrons. The Kier molecular flexibility index (Phi) is 5.37. The van der Waals surface area contributed by atoms with Gasteiger partial charge in [-0.25, -0.2) is 4.39 Å². The molecule has 1 aromatic heterocycles. The summed E-state index contributed by atoms with van der Waals surface area (Å²) >= 11 is 7.60. The van der Waals surface area contributed by atoms with Gasteiger partial charge in [-0.1, -0.05) is 36.7 Å². The Labute approximate surface area is 122 Å². The van der Waals surface area contributed by atoms with Crippen molar-refractivity contribution in [1.29, 1.82) is 0 Å². The zero-order valence-corrected chi connectivity index (χ0v) is 12.4. The molecule has 0 radical (unpaired) electrons. The minimum absolute atomic E-state index is 0.00537. The summed E-state index contributed by atoms with van der Waals surface area (Å²) in [5.74, 6) is -0.304. The Morgan fingerprint density at radius 3 is 2.84 bits per heavy atom. The Balaban J connectivity index is 2.12. The number of hydrogen-bond donors (Lipinski definition) is 1. The third kappa shape index (κ3) is 3.78. The Morgan fingerprint density at radius 2 is 2.16 bits per heavy atom. The summed E-state index contributed by atoms with van der Waals surface area (Å²) in [5.41, 5.74) is 0.658. The Hall–Kier alpha value is -0.900. The second kappa shape index (κ2) is 7.04. The van der Waals surface area contributed by atoms with E-state index in [1.807, 2.05) is 19.1 Å². The van der Waals surface area contributed by atoms with Gasteiger partial charge in [-0.2, -0.15) is 0 Å². The molecule has 2 rings (SSSR count). The van der Waals surface area contributed by atoms with Crippen LogP contribution in [0.4, 0.5) is 4.39 Å². The van der Waals surface area contributed by atoms with Gasteiger partial charge in [0.2, 0.25) is 0 Å². The van der Waals surface area contributed by atoms with Crippen LogP contribution in [0.1, 0.15) is 29.8 Å². The fourth-order valence-corrected chi connectivity index (χ4v) is 3.05. The molecule has 0 amide bonds. The maximum atomic E-state index is 14.1. The second-order valence-electron chi connectivity index (χ2n) is 4.37. The lowest BCUT2D eigenvalue weighted by Gasteiger charge is -2.19. The smallest absolute Gasteiger partial charge is 0.146 e. The first-order chi connectivity index (χ1) is 9.22. The van der Waals surface area contributed by atoms with E-state index in [2.05, 4.69) is 16.8 Å². The van der Waals surface area contributed by atoms with E-state index in [-0.39, 0.29) is 16.9 Å². The molecule has 1 aromatic carbocycles. The van der Waals surface area contributed by atoms with Crippen molar-refractivity contribution in [1.82, 2.24) is 5.32 Å². The van der Waals surface area contributed by atoms with Crippen molar-refractivity contribution >= 4 is 22.9 Å². The number of thiophene rings is 1. The van der Waals surface area contributed by atoms with Crippen LogP contribution < -0.4 is 5.32 Å². The molecule has 1 atom stereocenters. The molecule has 2 aromatic rings. The summed E-state index contributed by atoms with van der Waals surface area (Å²) in [6.07, 6.45) is 1.81. The highest BCUT2D eigenvalue weighted by atomic mass is 35.5. The van der Waals surface area contributed by atoms with Crippen LogP contribution in [0.5, 0.6) is 0 Å². The van der Waals surface area contributed by atoms with Crippen LogP contribution in [0, 0.1) is 5.82 Å². The molecule has 0 aliphatic heterocycles. The van der Waals surface area contributed by atoms with E-state index < -0.39 is 0 Å². The molecule has 1 N–H and O–H groups in total. The summed E-state index contributed by atoms with van der Waals surface area (Å²) in [7, 11) is 0. The van der Waals surface area contributed by atoms with Crippen molar-refractivity contribution in [2.75, 3.05) is 6.54 Å². The number of aryl methyl sites for hydroxylation is 1. The molecule has 1 unspecified atom stereocenters. The van der Waals surface area contributed by atoms with Crippen LogP contribution in [0.15, 0.2) is 35.7 Å². The van der Waals surface area contributed by atoms with Crippen LogP contribution in [-0.4, -0.2) is 6.54 Å². The lowest BCUT2D eigenvalue weighted by Crippen LogP contribution is -2.22. The molecule has 0 saturated carbocycles. The molecule has 1 nitrogen and oxygen atoms in total. The van der Waals surface area contributed by atoms with Crippen molar-refractivity contribution in [3.05, 3.63) is 57.0 Å². The first-order valence-electron chi connectivity index (χ1n) is 6.42. The highest BCUT2D eigenvalue weighted by Crippen LogP contribution is 2.27. The van der Waals surface area contributed by atoms with Gasteiger partial charge in [0.1, 0.15) is 5.82 Å². The quantitative estimate of drug-likeness (QED) is 0.806. The van der Waals surface area contributed by atoms with Gasteiger partial charge in [-0.3, -0.25) is 0 Å². The van der Waals surface area contributed by atoms with Crippen LogP contribution in [0.25, 0.3) is 0 Å². The van der Waals surface area contributed by atoms with Gasteiger partial charge < -0.3 is 5.32 Å². The normalized spacial score (nSPS) is 12.6. The number of benzene rings is 1. The first kappa shape index (κ1) is 14.5. The number of hydrogen-bond acceptors (Lipinski definition) is 2. The van der Waals surface area contributed by atoms with Gasteiger partial charge >= 0.3 is 0 Å². The predicted octanol–water partition coefficient (Wildman–Crippen LogP) is 4.82. The molecule has 0 fully saturated rings. The lowest BCUT2D eigenvalue weighted by atomic mass is 10.0. The molecule has 4 heteroatoms. The molecule has 0 aliphatic carbocycles. The molecule has 19 heavy (non-hydrogen) atoms. The van der Waals surface area contributed by atoms with Crippen LogP contribution in [-0.2, 0) is 6.42 Å². The first-order valence-corrected chi connectivity index (χ1v) is 7.67. The van der Waals surface area contributed by atoms with Crippen molar-refractivity contribution in [2.24, 2.45) is 0 Å². The zero-order valence-electron chi connectivity index (χ0n) is 10.8. The van der Waals surface area contributed by atoms with Gasteiger partial charge in [0.15, 0.2) is 0 Å². The van der Waals surface area contributed by atoms with Gasteiger partial charge in [0.25, 0.3) is 0 Å². The highest BCUT2D eigenvalue weighted by molar-refractivity contribution is 7.09. The predicted molar refractivity (Wildman–Crippen MR) is 80.5 cm³/mol. The molecule has 0 spiro atoms. The molecular weight excluding hydrogens is 281 g/mol. The second-order valence-corrected chi connectivity index (χ2v) is 5.81. The number of rotatable bonds is 6. The third-order valence-corrected chi connectivity index (χ3v) is 4.29. The van der Waals surface area contributed by atoms with Crippen molar-refractivity contribution in [3.63, 3.8) is 0 Å². The van der Waals surface area contributed by atoms with Gasteiger partial charge in [0.05, 0.1) is 5.02 Å². The van der Waals surface area contributed by atoms with E-state index in [9.17, 15) is 4.39 Å². The molecule has 0 aliphatic rings. The van der Waals surface area contributed by atoms with E-state index in [4.69, 9.17) is 11.6 Å². The number of halogens is 2. The monoisotopic (exact) mass is 297 g/mol. The molecule has 0 saturated heterocycles. The molecule has 0 bridgehead atoms. The van der Waals surface area contributed by atoms with Gasteiger partial charge in [-0.15, -0.1) is 11.3 Å². The summed E-state index contributed by atoms with van der Waals surface area (Å²) in [4.78, 5) is 1.32. The SMILES string of the molecule is CCNC(CCc1cccs1)c1cccc(Cl)c1F. The summed E-state index contributed by atoms with van der Waals surface area (Å²) < 4.78 is 14.1. The van der Waals surface area contributed by atoms with E-state index in [1.165, 1.54) is 4.88 Å². The fourth-order valence-electron chi connectivity index (χ4n) is 2.14. The standard InChI is InChI=1S/C15H17ClFNS/c1-2-18-14(9-8-11-5-4-10-19-11)12-6-3-7-13(16)15(12)17/h3-7,10,14,18H,2,8-9H2,1H3. The average molecular weight is 298 g/mol. The Bertz CT molecular complexity index is 513. The van der Waals surface area contributed by atoms with E-state index in [0.717, 1.165) is 19.4 Å². The van der Waals surface area contributed by atoms with Crippen LogP contribution in [0.3, 0.4) is 0 Å².